The quantitative estimate of drug-likeness (QED) is 0.650. The van der Waals surface area contributed by atoms with Crippen molar-refractivity contribution in [3.05, 3.63) is 29.1 Å². The number of nitrogens with two attached hydrogens (primary N) is 1. The molecule has 0 aliphatic rings. The molecule has 0 bridgehead atoms. The minimum atomic E-state index is -0.825. The first-order chi connectivity index (χ1) is 8.45. The molecule has 1 aromatic carbocycles. The van der Waals surface area contributed by atoms with Gasteiger partial charge in [-0.2, -0.15) is 0 Å². The number of anilines is 1. The lowest BCUT2D eigenvalue weighted by Gasteiger charge is -2.07. The highest BCUT2D eigenvalue weighted by atomic mass is 19.1. The normalized spacial score (nSPS) is 9.94. The molecule has 0 saturated carbocycles. The largest absolute Gasteiger partial charge is 0.463 e. The molecule has 6 heteroatoms. The Bertz CT molecular complexity index is 450. The summed E-state index contributed by atoms with van der Waals surface area (Å²) < 4.78 is 22.6. The van der Waals surface area contributed by atoms with Crippen LogP contribution >= 0.6 is 0 Å². The van der Waals surface area contributed by atoms with E-state index in [1.54, 1.807) is 6.92 Å². The number of hydrogen-bond donors (Lipinski definition) is 1. The Morgan fingerprint density at radius 2 is 2.00 bits per heavy atom. The van der Waals surface area contributed by atoms with E-state index in [9.17, 15) is 14.0 Å². The lowest BCUT2D eigenvalue weighted by atomic mass is 10.1. The van der Waals surface area contributed by atoms with Gasteiger partial charge in [0.25, 0.3) is 0 Å². The van der Waals surface area contributed by atoms with Gasteiger partial charge in [0.1, 0.15) is 5.82 Å². The van der Waals surface area contributed by atoms with E-state index in [-0.39, 0.29) is 23.4 Å². The molecule has 0 fully saturated rings. The van der Waals surface area contributed by atoms with Crippen LogP contribution in [-0.4, -0.2) is 25.2 Å². The maximum Gasteiger partial charge on any atom is 0.344 e. The number of ether oxygens (including phenoxy) is 2. The van der Waals surface area contributed by atoms with Crippen molar-refractivity contribution in [2.75, 3.05) is 18.9 Å². The zero-order valence-corrected chi connectivity index (χ0v) is 10.2. The van der Waals surface area contributed by atoms with E-state index in [2.05, 4.69) is 9.47 Å². The van der Waals surface area contributed by atoms with Gasteiger partial charge in [-0.05, 0) is 26.0 Å². The second kappa shape index (κ2) is 6.00. The Kier molecular flexibility index (Phi) is 4.65. The summed E-state index contributed by atoms with van der Waals surface area (Å²) in [6.45, 7) is 2.82. The van der Waals surface area contributed by atoms with E-state index in [1.807, 2.05) is 0 Å². The highest BCUT2D eigenvalue weighted by Crippen LogP contribution is 2.18. The Morgan fingerprint density at radius 3 is 2.56 bits per heavy atom. The third kappa shape index (κ3) is 3.44. The van der Waals surface area contributed by atoms with Crippen molar-refractivity contribution in [3.63, 3.8) is 0 Å². The van der Waals surface area contributed by atoms with E-state index in [4.69, 9.17) is 5.73 Å². The van der Waals surface area contributed by atoms with E-state index < -0.39 is 24.4 Å². The molecule has 1 rings (SSSR count). The molecule has 2 N–H and O–H groups in total. The van der Waals surface area contributed by atoms with Crippen molar-refractivity contribution < 1.29 is 23.5 Å². The van der Waals surface area contributed by atoms with E-state index in [0.29, 0.717) is 0 Å². The molecule has 18 heavy (non-hydrogen) atoms. The number of rotatable bonds is 4. The maximum atomic E-state index is 13.3. The maximum absolute atomic E-state index is 13.3. The highest BCUT2D eigenvalue weighted by molar-refractivity contribution is 5.92. The van der Waals surface area contributed by atoms with Crippen molar-refractivity contribution in [2.45, 2.75) is 13.8 Å². The van der Waals surface area contributed by atoms with Crippen LogP contribution in [0.1, 0.15) is 22.8 Å². The zero-order chi connectivity index (χ0) is 13.7. The van der Waals surface area contributed by atoms with Crippen molar-refractivity contribution in [1.82, 2.24) is 0 Å². The van der Waals surface area contributed by atoms with Crippen LogP contribution in [-0.2, 0) is 14.3 Å². The molecule has 1 aromatic rings. The summed E-state index contributed by atoms with van der Waals surface area (Å²) in [7, 11) is 0. The number of nitrogen functional groups attached to an aromatic ring is 1. The molecule has 0 radical (unpaired) electrons. The predicted octanol–water partition coefficient (Wildman–Crippen LogP) is 1.44. The first kappa shape index (κ1) is 14.0. The van der Waals surface area contributed by atoms with Crippen LogP contribution in [0.2, 0.25) is 0 Å². The minimum absolute atomic E-state index is 0.0418. The lowest BCUT2D eigenvalue weighted by molar-refractivity contribution is -0.146. The second-order valence-electron chi connectivity index (χ2n) is 3.55. The third-order valence-electron chi connectivity index (χ3n) is 2.25. The Balaban J connectivity index is 2.70. The van der Waals surface area contributed by atoms with E-state index in [1.165, 1.54) is 13.0 Å². The zero-order valence-electron chi connectivity index (χ0n) is 10.2. The molecule has 0 aliphatic heterocycles. The average molecular weight is 255 g/mol. The minimum Gasteiger partial charge on any atom is -0.463 e. The molecule has 0 unspecified atom stereocenters. The van der Waals surface area contributed by atoms with Gasteiger partial charge in [-0.3, -0.25) is 0 Å². The topological polar surface area (TPSA) is 78.6 Å². The molecule has 0 aliphatic carbocycles. The first-order valence-electron chi connectivity index (χ1n) is 5.34. The molecule has 0 saturated heterocycles. The molecule has 98 valence electrons. The lowest BCUT2D eigenvalue weighted by Crippen LogP contribution is -2.16. The fraction of sp³-hybridized carbons (Fsp3) is 0.333. The number of carbonyl (C=O) groups is 2. The number of halogens is 1. The van der Waals surface area contributed by atoms with Crippen molar-refractivity contribution >= 4 is 17.6 Å². The van der Waals surface area contributed by atoms with Crippen LogP contribution in [0.3, 0.4) is 0 Å². The highest BCUT2D eigenvalue weighted by Gasteiger charge is 2.14. The average Bonchev–Trinajstić information content (AvgIpc) is 2.32. The van der Waals surface area contributed by atoms with Crippen LogP contribution in [0.5, 0.6) is 0 Å². The molecular formula is C12H14FNO4. The summed E-state index contributed by atoms with van der Waals surface area (Å²) in [6.07, 6.45) is 0. The third-order valence-corrected chi connectivity index (χ3v) is 2.25. The van der Waals surface area contributed by atoms with Gasteiger partial charge in [0, 0.05) is 11.3 Å². The standard InChI is InChI=1S/C12H14FNO4/c1-3-17-11(15)6-18-12(16)8-4-9(13)7(2)10(14)5-8/h4-5H,3,6,14H2,1-2H3. The molecule has 0 atom stereocenters. The molecule has 5 nitrogen and oxygen atoms in total. The summed E-state index contributed by atoms with van der Waals surface area (Å²) in [4.78, 5) is 22.5. The number of benzene rings is 1. The fourth-order valence-electron chi connectivity index (χ4n) is 1.23. The molecular weight excluding hydrogens is 241 g/mol. The van der Waals surface area contributed by atoms with Gasteiger partial charge < -0.3 is 15.2 Å². The van der Waals surface area contributed by atoms with E-state index in [0.717, 1.165) is 6.07 Å². The van der Waals surface area contributed by atoms with Crippen LogP contribution < -0.4 is 5.73 Å². The molecule has 0 amide bonds. The van der Waals surface area contributed by atoms with Gasteiger partial charge >= 0.3 is 11.9 Å². The fourth-order valence-corrected chi connectivity index (χ4v) is 1.23. The van der Waals surface area contributed by atoms with Crippen LogP contribution in [0, 0.1) is 12.7 Å². The Hall–Kier alpha value is -2.11. The van der Waals surface area contributed by atoms with Gasteiger partial charge in [-0.15, -0.1) is 0 Å². The molecule has 0 heterocycles. The van der Waals surface area contributed by atoms with Crippen molar-refractivity contribution in [1.29, 1.82) is 0 Å². The summed E-state index contributed by atoms with van der Waals surface area (Å²) in [6, 6.07) is 2.31. The van der Waals surface area contributed by atoms with Crippen LogP contribution in [0.15, 0.2) is 12.1 Å². The summed E-state index contributed by atoms with van der Waals surface area (Å²) in [5.41, 5.74) is 5.89. The van der Waals surface area contributed by atoms with E-state index >= 15 is 0 Å². The first-order valence-corrected chi connectivity index (χ1v) is 5.34. The van der Waals surface area contributed by atoms with Gasteiger partial charge in [0.2, 0.25) is 0 Å². The van der Waals surface area contributed by atoms with Gasteiger partial charge in [-0.25, -0.2) is 14.0 Å². The number of carbonyl (C=O) groups excluding carboxylic acids is 2. The van der Waals surface area contributed by atoms with Gasteiger partial charge in [-0.1, -0.05) is 0 Å². The van der Waals surface area contributed by atoms with Gasteiger partial charge in [0.15, 0.2) is 6.61 Å². The Labute approximate surface area is 104 Å². The summed E-state index contributed by atoms with van der Waals surface area (Å²) in [5.74, 6) is -2.09. The SMILES string of the molecule is CCOC(=O)COC(=O)c1cc(N)c(C)c(F)c1. The molecule has 0 aromatic heterocycles. The summed E-state index contributed by atoms with van der Waals surface area (Å²) in [5, 5.41) is 0. The van der Waals surface area contributed by atoms with Crippen molar-refractivity contribution in [3.8, 4) is 0 Å². The predicted molar refractivity (Wildman–Crippen MR) is 62.5 cm³/mol. The molecule has 0 spiro atoms. The summed E-state index contributed by atoms with van der Waals surface area (Å²) >= 11 is 0. The van der Waals surface area contributed by atoms with Gasteiger partial charge in [0.05, 0.1) is 12.2 Å². The smallest absolute Gasteiger partial charge is 0.344 e. The van der Waals surface area contributed by atoms with Crippen LogP contribution in [0.4, 0.5) is 10.1 Å². The number of esters is 2. The number of hydrogen-bond acceptors (Lipinski definition) is 5. The van der Waals surface area contributed by atoms with Crippen molar-refractivity contribution in [2.24, 2.45) is 0 Å². The second-order valence-corrected chi connectivity index (χ2v) is 3.55. The van der Waals surface area contributed by atoms with Crippen LogP contribution in [0.25, 0.3) is 0 Å². The Morgan fingerprint density at radius 1 is 1.33 bits per heavy atom. The monoisotopic (exact) mass is 255 g/mol.